The van der Waals surface area contributed by atoms with Gasteiger partial charge < -0.3 is 14.9 Å². The Kier molecular flexibility index (Phi) is 6.03. The van der Waals surface area contributed by atoms with Gasteiger partial charge in [-0.05, 0) is 62.6 Å². The van der Waals surface area contributed by atoms with Crippen LogP contribution < -0.4 is 5.73 Å². The van der Waals surface area contributed by atoms with Crippen LogP contribution in [0.5, 0.6) is 0 Å². The van der Waals surface area contributed by atoms with Crippen LogP contribution in [-0.2, 0) is 14.6 Å². The number of anilines is 1. The highest BCUT2D eigenvalue weighted by atomic mass is 32.2. The van der Waals surface area contributed by atoms with E-state index in [1.807, 2.05) is 30.5 Å². The summed E-state index contributed by atoms with van der Waals surface area (Å²) in [6, 6.07) is 3.81. The molecule has 2 heterocycles. The van der Waals surface area contributed by atoms with Gasteiger partial charge in [-0.1, -0.05) is 26.0 Å². The SMILES string of the molecule is CC(C)c1nc2c(N)cccn2c1C1C=C(OC2C=C(S(=O)(=O)C(C)C)C=CC2)C=CC1. The van der Waals surface area contributed by atoms with Crippen LogP contribution in [0.25, 0.3) is 5.65 Å². The van der Waals surface area contributed by atoms with E-state index in [0.717, 1.165) is 29.2 Å². The first-order chi connectivity index (χ1) is 15.2. The summed E-state index contributed by atoms with van der Waals surface area (Å²) in [5.41, 5.74) is 9.78. The summed E-state index contributed by atoms with van der Waals surface area (Å²) in [6.07, 6.45) is 14.6. The van der Waals surface area contributed by atoms with E-state index in [4.69, 9.17) is 15.5 Å². The minimum atomic E-state index is -3.33. The van der Waals surface area contributed by atoms with E-state index in [2.05, 4.69) is 30.4 Å². The number of allylic oxidation sites excluding steroid dienone is 4. The number of nitrogens with two attached hydrogens (primary N) is 1. The number of hydrogen-bond donors (Lipinski definition) is 1. The Hall–Kier alpha value is -2.80. The Morgan fingerprint density at radius 2 is 1.88 bits per heavy atom. The Morgan fingerprint density at radius 3 is 2.59 bits per heavy atom. The summed E-state index contributed by atoms with van der Waals surface area (Å²) in [5.74, 6) is 1.09. The predicted molar refractivity (Wildman–Crippen MR) is 129 cm³/mol. The van der Waals surface area contributed by atoms with Crippen molar-refractivity contribution in [3.8, 4) is 0 Å². The normalized spacial score (nSPS) is 21.3. The molecule has 2 aromatic heterocycles. The molecule has 2 aliphatic rings. The zero-order valence-electron chi connectivity index (χ0n) is 19.0. The number of aromatic nitrogens is 2. The second-order valence-corrected chi connectivity index (χ2v) is 11.5. The van der Waals surface area contributed by atoms with Gasteiger partial charge >= 0.3 is 0 Å². The van der Waals surface area contributed by atoms with Crippen molar-refractivity contribution >= 4 is 21.2 Å². The smallest absolute Gasteiger partial charge is 0.180 e. The number of ether oxygens (including phenoxy) is 1. The molecule has 0 aromatic carbocycles. The van der Waals surface area contributed by atoms with E-state index in [0.29, 0.717) is 17.0 Å². The number of nitrogen functional groups attached to an aromatic ring is 1. The summed E-state index contributed by atoms with van der Waals surface area (Å²) < 4.78 is 33.4. The van der Waals surface area contributed by atoms with Crippen LogP contribution in [0.2, 0.25) is 0 Å². The molecule has 2 atom stereocenters. The molecule has 0 radical (unpaired) electrons. The Balaban J connectivity index is 1.65. The van der Waals surface area contributed by atoms with Crippen LogP contribution in [0.1, 0.15) is 63.8 Å². The fourth-order valence-electron chi connectivity index (χ4n) is 4.18. The van der Waals surface area contributed by atoms with Crippen LogP contribution in [0.4, 0.5) is 5.69 Å². The highest BCUT2D eigenvalue weighted by Crippen LogP contribution is 2.35. The minimum Gasteiger partial charge on any atom is -0.486 e. The van der Waals surface area contributed by atoms with Gasteiger partial charge in [-0.3, -0.25) is 0 Å². The molecule has 6 nitrogen and oxygen atoms in total. The van der Waals surface area contributed by atoms with Gasteiger partial charge in [-0.2, -0.15) is 0 Å². The molecule has 0 saturated heterocycles. The maximum Gasteiger partial charge on any atom is 0.180 e. The van der Waals surface area contributed by atoms with Crippen molar-refractivity contribution in [2.45, 2.75) is 63.7 Å². The Morgan fingerprint density at radius 1 is 1.12 bits per heavy atom. The van der Waals surface area contributed by atoms with Crippen LogP contribution >= 0.6 is 0 Å². The first-order valence-corrected chi connectivity index (χ1v) is 12.7. The molecule has 2 aliphatic carbocycles. The maximum atomic E-state index is 12.6. The van der Waals surface area contributed by atoms with Gasteiger partial charge in [0.15, 0.2) is 15.5 Å². The molecule has 4 rings (SSSR count). The van der Waals surface area contributed by atoms with Crippen LogP contribution in [0.3, 0.4) is 0 Å². The average Bonchev–Trinajstić information content (AvgIpc) is 3.15. The van der Waals surface area contributed by atoms with Crippen LogP contribution in [0, 0.1) is 0 Å². The standard InChI is InChI=1S/C25H31N3O3S/c1-16(2)23-24(28-13-7-12-22(26)25(28)27-23)18-8-5-9-19(14-18)31-20-10-6-11-21(15-20)32(29,30)17(3)4/h5-7,9,11-18,20H,8,10,26H2,1-4H3. The Labute approximate surface area is 190 Å². The molecular formula is C25H31N3O3S. The molecule has 0 saturated carbocycles. The summed E-state index contributed by atoms with van der Waals surface area (Å²) in [7, 11) is -3.33. The van der Waals surface area contributed by atoms with E-state index in [1.165, 1.54) is 0 Å². The molecule has 0 fully saturated rings. The first kappa shape index (κ1) is 22.4. The molecule has 170 valence electrons. The number of fused-ring (bicyclic) bond motifs is 1. The Bertz CT molecular complexity index is 1250. The molecule has 32 heavy (non-hydrogen) atoms. The second-order valence-electron chi connectivity index (χ2n) is 8.96. The quantitative estimate of drug-likeness (QED) is 0.664. The third-order valence-corrected chi connectivity index (χ3v) is 8.09. The third kappa shape index (κ3) is 4.13. The number of imidazole rings is 1. The van der Waals surface area contributed by atoms with Crippen molar-refractivity contribution in [3.63, 3.8) is 0 Å². The molecule has 0 bridgehead atoms. The van der Waals surface area contributed by atoms with Gasteiger partial charge in [-0.25, -0.2) is 13.4 Å². The van der Waals surface area contributed by atoms with Crippen molar-refractivity contribution in [1.29, 1.82) is 0 Å². The number of sulfone groups is 1. The lowest BCUT2D eigenvalue weighted by atomic mass is 9.92. The number of rotatable bonds is 6. The zero-order valence-corrected chi connectivity index (χ0v) is 19.8. The lowest BCUT2D eigenvalue weighted by molar-refractivity contribution is 0.164. The van der Waals surface area contributed by atoms with Gasteiger partial charge in [0.05, 0.1) is 27.2 Å². The van der Waals surface area contributed by atoms with Crippen molar-refractivity contribution in [3.05, 3.63) is 76.8 Å². The van der Waals surface area contributed by atoms with Crippen molar-refractivity contribution in [2.24, 2.45) is 0 Å². The average molecular weight is 454 g/mol. The van der Waals surface area contributed by atoms with E-state index in [9.17, 15) is 8.42 Å². The monoisotopic (exact) mass is 453 g/mol. The molecule has 0 aliphatic heterocycles. The predicted octanol–water partition coefficient (Wildman–Crippen LogP) is 5.02. The lowest BCUT2D eigenvalue weighted by Crippen LogP contribution is -2.20. The van der Waals surface area contributed by atoms with Crippen molar-refractivity contribution < 1.29 is 13.2 Å². The molecule has 2 N–H and O–H groups in total. The fourth-order valence-corrected chi connectivity index (χ4v) is 5.36. The van der Waals surface area contributed by atoms with Crippen molar-refractivity contribution in [2.75, 3.05) is 5.73 Å². The molecular weight excluding hydrogens is 422 g/mol. The molecule has 2 unspecified atom stereocenters. The summed E-state index contributed by atoms with van der Waals surface area (Å²) in [5, 5.41) is -0.465. The van der Waals surface area contributed by atoms with E-state index >= 15 is 0 Å². The van der Waals surface area contributed by atoms with Gasteiger partial charge in [0.25, 0.3) is 0 Å². The van der Waals surface area contributed by atoms with Gasteiger partial charge in [0.1, 0.15) is 11.9 Å². The van der Waals surface area contributed by atoms with Gasteiger partial charge in [-0.15, -0.1) is 0 Å². The van der Waals surface area contributed by atoms with Crippen LogP contribution in [-0.4, -0.2) is 29.2 Å². The molecule has 2 aromatic rings. The summed E-state index contributed by atoms with van der Waals surface area (Å²) >= 11 is 0. The van der Waals surface area contributed by atoms with Gasteiger partial charge in [0.2, 0.25) is 0 Å². The lowest BCUT2D eigenvalue weighted by Gasteiger charge is -2.24. The number of pyridine rings is 1. The van der Waals surface area contributed by atoms with E-state index in [-0.39, 0.29) is 17.9 Å². The largest absolute Gasteiger partial charge is 0.486 e. The zero-order chi connectivity index (χ0) is 23.0. The van der Waals surface area contributed by atoms with Crippen molar-refractivity contribution in [1.82, 2.24) is 9.38 Å². The van der Waals surface area contributed by atoms with E-state index < -0.39 is 15.1 Å². The molecule has 7 heteroatoms. The maximum absolute atomic E-state index is 12.6. The van der Waals surface area contributed by atoms with Gasteiger partial charge in [0, 0.05) is 18.5 Å². The number of hydrogen-bond acceptors (Lipinski definition) is 5. The topological polar surface area (TPSA) is 86.7 Å². The highest BCUT2D eigenvalue weighted by Gasteiger charge is 2.26. The number of nitrogens with zero attached hydrogens (tertiary/aromatic N) is 2. The molecule has 0 spiro atoms. The highest BCUT2D eigenvalue weighted by molar-refractivity contribution is 7.96. The molecule has 0 amide bonds. The van der Waals surface area contributed by atoms with Crippen LogP contribution in [0.15, 0.2) is 65.4 Å². The first-order valence-electron chi connectivity index (χ1n) is 11.1. The summed E-state index contributed by atoms with van der Waals surface area (Å²) in [6.45, 7) is 7.66. The fraction of sp³-hybridized carbons (Fsp3) is 0.400. The third-order valence-electron chi connectivity index (χ3n) is 5.92. The van der Waals surface area contributed by atoms with E-state index in [1.54, 1.807) is 26.0 Å². The summed E-state index contributed by atoms with van der Waals surface area (Å²) in [4.78, 5) is 5.17. The second kappa shape index (κ2) is 8.62. The minimum absolute atomic E-state index is 0.0891.